The second kappa shape index (κ2) is 4.76. The number of anilines is 1. The van der Waals surface area contributed by atoms with Gasteiger partial charge in [0.1, 0.15) is 4.88 Å². The number of hydrogen-bond acceptors (Lipinski definition) is 5. The Morgan fingerprint density at radius 1 is 1.37 bits per heavy atom. The molecule has 2 saturated heterocycles. The van der Waals surface area contributed by atoms with E-state index in [4.69, 9.17) is 5.73 Å². The monoisotopic (exact) mass is 280 g/mol. The number of rotatable bonds is 1. The zero-order valence-corrected chi connectivity index (χ0v) is 12.2. The minimum atomic E-state index is 0.104. The molecule has 0 spiro atoms. The summed E-state index contributed by atoms with van der Waals surface area (Å²) in [5, 5.41) is 0.481. The van der Waals surface area contributed by atoms with Crippen molar-refractivity contribution in [2.24, 2.45) is 0 Å². The van der Waals surface area contributed by atoms with E-state index in [1.165, 1.54) is 24.2 Å². The standard InChI is InChI=1S/C13H20N4OS/c1-8-11(19-13(14)15-8)12(18)17-6-5-9-3-4-10(7-17)16(9)2/h9-10H,3-7H2,1-2H3,(H2,14,15). The molecule has 0 radical (unpaired) electrons. The van der Waals surface area contributed by atoms with Crippen LogP contribution in [0.4, 0.5) is 5.13 Å². The number of aromatic nitrogens is 1. The Labute approximate surface area is 117 Å². The highest BCUT2D eigenvalue weighted by atomic mass is 32.1. The first-order valence-corrected chi connectivity index (χ1v) is 7.62. The Hall–Kier alpha value is -1.14. The number of likely N-dealkylation sites (N-methyl/N-ethyl adjacent to an activating group) is 1. The molecule has 2 N–H and O–H groups in total. The van der Waals surface area contributed by atoms with Gasteiger partial charge in [-0.2, -0.15) is 0 Å². The largest absolute Gasteiger partial charge is 0.375 e. The number of likely N-dealkylation sites (tertiary alicyclic amines) is 1. The van der Waals surface area contributed by atoms with Crippen molar-refractivity contribution in [3.8, 4) is 0 Å². The van der Waals surface area contributed by atoms with Gasteiger partial charge in [-0.05, 0) is 33.2 Å². The van der Waals surface area contributed by atoms with Crippen LogP contribution < -0.4 is 5.73 Å². The molecule has 2 atom stereocenters. The van der Waals surface area contributed by atoms with Crippen LogP contribution in [0.3, 0.4) is 0 Å². The number of fused-ring (bicyclic) bond motifs is 2. The van der Waals surface area contributed by atoms with Crippen LogP contribution in [-0.4, -0.2) is 52.9 Å². The van der Waals surface area contributed by atoms with Gasteiger partial charge in [-0.25, -0.2) is 4.98 Å². The van der Waals surface area contributed by atoms with Gasteiger partial charge in [-0.15, -0.1) is 0 Å². The molecule has 5 nitrogen and oxygen atoms in total. The molecule has 2 unspecified atom stereocenters. The molecule has 2 aliphatic rings. The summed E-state index contributed by atoms with van der Waals surface area (Å²) in [5.74, 6) is 0.104. The second-order valence-electron chi connectivity index (χ2n) is 5.56. The first-order valence-electron chi connectivity index (χ1n) is 6.80. The normalized spacial score (nSPS) is 27.6. The summed E-state index contributed by atoms with van der Waals surface area (Å²) in [7, 11) is 2.19. The van der Waals surface area contributed by atoms with Crippen LogP contribution in [0, 0.1) is 6.92 Å². The number of carbonyl (C=O) groups excluding carboxylic acids is 1. The van der Waals surface area contributed by atoms with Gasteiger partial charge in [0.05, 0.1) is 5.69 Å². The van der Waals surface area contributed by atoms with Crippen LogP contribution in [0.15, 0.2) is 0 Å². The Kier molecular flexibility index (Phi) is 3.22. The fourth-order valence-corrected chi connectivity index (χ4v) is 4.05. The molecule has 3 rings (SSSR count). The molecule has 0 saturated carbocycles. The lowest BCUT2D eigenvalue weighted by Crippen LogP contribution is -2.39. The first kappa shape index (κ1) is 12.9. The van der Waals surface area contributed by atoms with Crippen LogP contribution in [0.1, 0.15) is 34.6 Å². The van der Waals surface area contributed by atoms with Gasteiger partial charge >= 0.3 is 0 Å². The number of carbonyl (C=O) groups is 1. The molecule has 1 aromatic heterocycles. The number of thiazole rings is 1. The van der Waals surface area contributed by atoms with E-state index in [0.29, 0.717) is 22.1 Å². The molecule has 2 aliphatic heterocycles. The molecule has 2 fully saturated rings. The van der Waals surface area contributed by atoms with Crippen LogP contribution in [-0.2, 0) is 0 Å². The van der Waals surface area contributed by atoms with Gasteiger partial charge in [0.25, 0.3) is 5.91 Å². The number of nitrogen functional groups attached to an aromatic ring is 1. The smallest absolute Gasteiger partial charge is 0.265 e. The minimum Gasteiger partial charge on any atom is -0.375 e. The average molecular weight is 280 g/mol. The van der Waals surface area contributed by atoms with Gasteiger partial charge in [0, 0.05) is 25.2 Å². The van der Waals surface area contributed by atoms with Crippen LogP contribution in [0.25, 0.3) is 0 Å². The van der Waals surface area contributed by atoms with Gasteiger partial charge in [-0.3, -0.25) is 9.69 Å². The number of aryl methyl sites for hydroxylation is 1. The van der Waals surface area contributed by atoms with Crippen molar-refractivity contribution >= 4 is 22.4 Å². The number of hydrogen-bond donors (Lipinski definition) is 1. The van der Waals surface area contributed by atoms with E-state index in [1.54, 1.807) is 0 Å². The molecule has 6 heteroatoms. The summed E-state index contributed by atoms with van der Waals surface area (Å²) < 4.78 is 0. The fourth-order valence-electron chi connectivity index (χ4n) is 3.25. The van der Waals surface area contributed by atoms with Gasteiger partial charge in [0.2, 0.25) is 0 Å². The molecule has 1 aromatic rings. The van der Waals surface area contributed by atoms with E-state index >= 15 is 0 Å². The third-order valence-electron chi connectivity index (χ3n) is 4.44. The molecule has 104 valence electrons. The van der Waals surface area contributed by atoms with E-state index in [9.17, 15) is 4.79 Å². The summed E-state index contributed by atoms with van der Waals surface area (Å²) in [4.78, 5) is 21.9. The highest BCUT2D eigenvalue weighted by Gasteiger charge is 2.36. The molecular formula is C13H20N4OS. The third-order valence-corrected chi connectivity index (χ3v) is 5.42. The fraction of sp³-hybridized carbons (Fsp3) is 0.692. The van der Waals surface area contributed by atoms with E-state index in [-0.39, 0.29) is 5.91 Å². The topological polar surface area (TPSA) is 62.5 Å². The van der Waals surface area contributed by atoms with Crippen LogP contribution in [0.5, 0.6) is 0 Å². The summed E-state index contributed by atoms with van der Waals surface area (Å²) in [5.41, 5.74) is 6.45. The Morgan fingerprint density at radius 2 is 2.11 bits per heavy atom. The molecule has 2 bridgehead atoms. The predicted molar refractivity (Wildman–Crippen MR) is 76.4 cm³/mol. The maximum Gasteiger partial charge on any atom is 0.265 e. The zero-order chi connectivity index (χ0) is 13.6. The molecule has 19 heavy (non-hydrogen) atoms. The van der Waals surface area contributed by atoms with Crippen molar-refractivity contribution in [3.63, 3.8) is 0 Å². The minimum absolute atomic E-state index is 0.104. The lowest BCUT2D eigenvalue weighted by atomic mass is 10.1. The molecule has 1 amide bonds. The number of nitrogens with zero attached hydrogens (tertiary/aromatic N) is 3. The average Bonchev–Trinajstić information content (AvgIpc) is 2.79. The van der Waals surface area contributed by atoms with Crippen molar-refractivity contribution in [2.45, 2.75) is 38.3 Å². The van der Waals surface area contributed by atoms with Gasteiger partial charge < -0.3 is 10.6 Å². The van der Waals surface area contributed by atoms with Crippen molar-refractivity contribution in [2.75, 3.05) is 25.9 Å². The lowest BCUT2D eigenvalue weighted by Gasteiger charge is -2.25. The summed E-state index contributed by atoms with van der Waals surface area (Å²) in [6.45, 7) is 3.54. The Balaban J connectivity index is 1.79. The highest BCUT2D eigenvalue weighted by molar-refractivity contribution is 7.17. The molecule has 0 aliphatic carbocycles. The molecular weight excluding hydrogens is 260 g/mol. The van der Waals surface area contributed by atoms with Crippen molar-refractivity contribution in [1.82, 2.24) is 14.8 Å². The SMILES string of the molecule is Cc1nc(N)sc1C(=O)N1CCC2CCC(C1)N2C. The zero-order valence-electron chi connectivity index (χ0n) is 11.4. The second-order valence-corrected chi connectivity index (χ2v) is 6.59. The molecule has 3 heterocycles. The number of nitrogens with two attached hydrogens (primary N) is 1. The van der Waals surface area contributed by atoms with Gasteiger partial charge in [-0.1, -0.05) is 11.3 Å². The number of amides is 1. The van der Waals surface area contributed by atoms with E-state index in [0.717, 1.165) is 25.2 Å². The third kappa shape index (κ3) is 2.23. The Morgan fingerprint density at radius 3 is 2.79 bits per heavy atom. The lowest BCUT2D eigenvalue weighted by molar-refractivity contribution is 0.0744. The maximum absolute atomic E-state index is 12.6. The highest BCUT2D eigenvalue weighted by Crippen LogP contribution is 2.30. The molecule has 0 aromatic carbocycles. The maximum atomic E-state index is 12.6. The van der Waals surface area contributed by atoms with Crippen molar-refractivity contribution < 1.29 is 4.79 Å². The van der Waals surface area contributed by atoms with E-state index < -0.39 is 0 Å². The summed E-state index contributed by atoms with van der Waals surface area (Å²) >= 11 is 1.31. The summed E-state index contributed by atoms with van der Waals surface area (Å²) in [6.07, 6.45) is 3.55. The predicted octanol–water partition coefficient (Wildman–Crippen LogP) is 1.34. The van der Waals surface area contributed by atoms with E-state index in [2.05, 4.69) is 16.9 Å². The Bertz CT molecular complexity index is 501. The van der Waals surface area contributed by atoms with Crippen molar-refractivity contribution in [1.29, 1.82) is 0 Å². The van der Waals surface area contributed by atoms with Crippen molar-refractivity contribution in [3.05, 3.63) is 10.6 Å². The van der Waals surface area contributed by atoms with Gasteiger partial charge in [0.15, 0.2) is 5.13 Å². The first-order chi connectivity index (χ1) is 9.06. The van der Waals surface area contributed by atoms with Crippen LogP contribution >= 0.6 is 11.3 Å². The quantitative estimate of drug-likeness (QED) is 0.843. The summed E-state index contributed by atoms with van der Waals surface area (Å²) in [6, 6.07) is 1.16. The van der Waals surface area contributed by atoms with E-state index in [1.807, 2.05) is 11.8 Å². The van der Waals surface area contributed by atoms with Crippen LogP contribution in [0.2, 0.25) is 0 Å².